The van der Waals surface area contributed by atoms with Gasteiger partial charge in [0.05, 0.1) is 19.8 Å². The van der Waals surface area contributed by atoms with E-state index >= 15 is 0 Å². The van der Waals surface area contributed by atoms with Crippen LogP contribution in [0.15, 0.2) is 12.1 Å². The van der Waals surface area contributed by atoms with Crippen LogP contribution in [-0.2, 0) is 11.2 Å². The highest BCUT2D eigenvalue weighted by atomic mass is 16.5. The number of rotatable bonds is 6. The molecule has 0 saturated carbocycles. The summed E-state index contributed by atoms with van der Waals surface area (Å²) in [6.07, 6.45) is -0.0763. The molecule has 0 aliphatic carbocycles. The standard InChI is InChI=1S/C12H14O6/c1-17-7-5-9(12(15)16)8(3-4-11(13)14)10(6-7)18-2/h5-6H,3-4H2,1-2H3,(H,13,14)(H,15,16). The number of hydrogen-bond acceptors (Lipinski definition) is 4. The van der Waals surface area contributed by atoms with E-state index in [0.717, 1.165) is 0 Å². The van der Waals surface area contributed by atoms with Crippen molar-refractivity contribution in [2.75, 3.05) is 14.2 Å². The SMILES string of the molecule is COc1cc(OC)c(CCC(=O)O)c(C(=O)O)c1. The number of ether oxygens (including phenoxy) is 2. The number of carboxylic acid groups (broad SMARTS) is 2. The predicted octanol–water partition coefficient (Wildman–Crippen LogP) is 1.42. The van der Waals surface area contributed by atoms with Gasteiger partial charge in [0.2, 0.25) is 0 Å². The van der Waals surface area contributed by atoms with Crippen molar-refractivity contribution < 1.29 is 29.3 Å². The van der Waals surface area contributed by atoms with E-state index in [9.17, 15) is 9.59 Å². The summed E-state index contributed by atoms with van der Waals surface area (Å²) in [5.41, 5.74) is 0.348. The Morgan fingerprint density at radius 2 is 1.83 bits per heavy atom. The summed E-state index contributed by atoms with van der Waals surface area (Å²) < 4.78 is 10.0. The maximum Gasteiger partial charge on any atom is 0.336 e. The summed E-state index contributed by atoms with van der Waals surface area (Å²) in [5, 5.41) is 17.8. The summed E-state index contributed by atoms with van der Waals surface area (Å²) in [6.45, 7) is 0. The molecule has 2 N–H and O–H groups in total. The van der Waals surface area contributed by atoms with Gasteiger partial charge in [-0.2, -0.15) is 0 Å². The zero-order chi connectivity index (χ0) is 13.7. The molecule has 18 heavy (non-hydrogen) atoms. The second-order valence-corrected chi connectivity index (χ2v) is 3.55. The van der Waals surface area contributed by atoms with Gasteiger partial charge in [0.15, 0.2) is 0 Å². The molecule has 0 aliphatic rings. The predicted molar refractivity (Wildman–Crippen MR) is 62.5 cm³/mol. The van der Waals surface area contributed by atoms with Crippen LogP contribution < -0.4 is 9.47 Å². The third kappa shape index (κ3) is 3.13. The second kappa shape index (κ2) is 5.90. The topological polar surface area (TPSA) is 93.1 Å². The Bertz CT molecular complexity index is 466. The number of aliphatic carboxylic acids is 1. The molecule has 6 nitrogen and oxygen atoms in total. The number of aromatic carboxylic acids is 1. The largest absolute Gasteiger partial charge is 0.497 e. The lowest BCUT2D eigenvalue weighted by molar-refractivity contribution is -0.136. The summed E-state index contributed by atoms with van der Waals surface area (Å²) in [4.78, 5) is 21.7. The van der Waals surface area contributed by atoms with Gasteiger partial charge in [-0.15, -0.1) is 0 Å². The third-order valence-electron chi connectivity index (χ3n) is 2.46. The Morgan fingerprint density at radius 3 is 2.28 bits per heavy atom. The molecule has 6 heteroatoms. The fraction of sp³-hybridized carbons (Fsp3) is 0.333. The average Bonchev–Trinajstić information content (AvgIpc) is 2.34. The minimum Gasteiger partial charge on any atom is -0.497 e. The maximum atomic E-state index is 11.1. The van der Waals surface area contributed by atoms with Crippen LogP contribution in [0.3, 0.4) is 0 Å². The Hall–Kier alpha value is -2.24. The highest BCUT2D eigenvalue weighted by molar-refractivity contribution is 5.91. The summed E-state index contributed by atoms with van der Waals surface area (Å²) >= 11 is 0. The molecule has 98 valence electrons. The highest BCUT2D eigenvalue weighted by Gasteiger charge is 2.18. The van der Waals surface area contributed by atoms with Crippen LogP contribution >= 0.6 is 0 Å². The van der Waals surface area contributed by atoms with Gasteiger partial charge in [-0.1, -0.05) is 0 Å². The molecule has 0 aromatic heterocycles. The van der Waals surface area contributed by atoms with Crippen LogP contribution in [0.5, 0.6) is 11.5 Å². The van der Waals surface area contributed by atoms with Crippen molar-refractivity contribution in [3.05, 3.63) is 23.3 Å². The number of carbonyl (C=O) groups is 2. The molecule has 0 radical (unpaired) electrons. The number of hydrogen-bond donors (Lipinski definition) is 2. The second-order valence-electron chi connectivity index (χ2n) is 3.55. The average molecular weight is 254 g/mol. The zero-order valence-electron chi connectivity index (χ0n) is 10.1. The van der Waals surface area contributed by atoms with Crippen molar-refractivity contribution in [3.8, 4) is 11.5 Å². The molecule has 0 bridgehead atoms. The van der Waals surface area contributed by atoms with Gasteiger partial charge < -0.3 is 19.7 Å². The van der Waals surface area contributed by atoms with Crippen molar-refractivity contribution in [2.45, 2.75) is 12.8 Å². The number of carboxylic acids is 2. The number of methoxy groups -OCH3 is 2. The monoisotopic (exact) mass is 254 g/mol. The van der Waals surface area contributed by atoms with Gasteiger partial charge >= 0.3 is 11.9 Å². The Morgan fingerprint density at radius 1 is 1.17 bits per heavy atom. The Balaban J connectivity index is 3.25. The fourth-order valence-electron chi connectivity index (χ4n) is 1.60. The van der Waals surface area contributed by atoms with E-state index in [1.54, 1.807) is 0 Å². The van der Waals surface area contributed by atoms with E-state index in [1.165, 1.54) is 26.4 Å². The fourth-order valence-corrected chi connectivity index (χ4v) is 1.60. The van der Waals surface area contributed by atoms with Crippen LogP contribution in [0.25, 0.3) is 0 Å². The molecule has 0 aliphatic heterocycles. The van der Waals surface area contributed by atoms with Gasteiger partial charge in [-0.3, -0.25) is 4.79 Å². The summed E-state index contributed by atoms with van der Waals surface area (Å²) in [7, 11) is 2.81. The maximum absolute atomic E-state index is 11.1. The van der Waals surface area contributed by atoms with Gasteiger partial charge in [-0.25, -0.2) is 4.79 Å². The van der Waals surface area contributed by atoms with Crippen molar-refractivity contribution in [1.82, 2.24) is 0 Å². The van der Waals surface area contributed by atoms with Crippen LogP contribution in [0.1, 0.15) is 22.3 Å². The lowest BCUT2D eigenvalue weighted by Crippen LogP contribution is -2.08. The smallest absolute Gasteiger partial charge is 0.336 e. The molecule has 1 aromatic rings. The Kier molecular flexibility index (Phi) is 4.53. The van der Waals surface area contributed by atoms with Gasteiger partial charge in [0.1, 0.15) is 11.5 Å². The van der Waals surface area contributed by atoms with E-state index in [2.05, 4.69) is 0 Å². The normalized spacial score (nSPS) is 9.89. The van der Waals surface area contributed by atoms with Crippen molar-refractivity contribution >= 4 is 11.9 Å². The first kappa shape index (κ1) is 13.8. The molecule has 0 amide bonds. The van der Waals surface area contributed by atoms with Crippen LogP contribution in [0, 0.1) is 0 Å². The minimum absolute atomic E-state index is 0.00699. The van der Waals surface area contributed by atoms with Gasteiger partial charge in [0.25, 0.3) is 0 Å². The van der Waals surface area contributed by atoms with Crippen LogP contribution in [-0.4, -0.2) is 36.4 Å². The van der Waals surface area contributed by atoms with Gasteiger partial charge in [-0.05, 0) is 12.5 Å². The first-order chi connectivity index (χ1) is 8.49. The highest BCUT2D eigenvalue weighted by Crippen LogP contribution is 2.30. The molecular formula is C12H14O6. The first-order valence-electron chi connectivity index (χ1n) is 5.19. The van der Waals surface area contributed by atoms with E-state index in [0.29, 0.717) is 17.1 Å². The zero-order valence-corrected chi connectivity index (χ0v) is 10.1. The van der Waals surface area contributed by atoms with E-state index in [-0.39, 0.29) is 18.4 Å². The molecule has 1 aromatic carbocycles. The molecule has 0 atom stereocenters. The van der Waals surface area contributed by atoms with Gasteiger partial charge in [0, 0.05) is 18.1 Å². The van der Waals surface area contributed by atoms with Crippen LogP contribution in [0.4, 0.5) is 0 Å². The number of benzene rings is 1. The van der Waals surface area contributed by atoms with Crippen LogP contribution in [0.2, 0.25) is 0 Å². The van der Waals surface area contributed by atoms with E-state index < -0.39 is 11.9 Å². The van der Waals surface area contributed by atoms with Crippen molar-refractivity contribution in [1.29, 1.82) is 0 Å². The Labute approximate surface area is 104 Å². The molecule has 0 heterocycles. The molecule has 0 fully saturated rings. The lowest BCUT2D eigenvalue weighted by Gasteiger charge is -2.13. The molecule has 0 saturated heterocycles. The minimum atomic E-state index is -1.15. The van der Waals surface area contributed by atoms with E-state index in [1.807, 2.05) is 0 Å². The summed E-state index contributed by atoms with van der Waals surface area (Å²) in [6, 6.07) is 2.88. The van der Waals surface area contributed by atoms with Crippen molar-refractivity contribution in [2.24, 2.45) is 0 Å². The molecule has 0 unspecified atom stereocenters. The molecular weight excluding hydrogens is 240 g/mol. The van der Waals surface area contributed by atoms with E-state index in [4.69, 9.17) is 19.7 Å². The summed E-state index contributed by atoms with van der Waals surface area (Å²) in [5.74, 6) is -1.48. The van der Waals surface area contributed by atoms with Crippen molar-refractivity contribution in [3.63, 3.8) is 0 Å². The molecule has 1 rings (SSSR count). The first-order valence-corrected chi connectivity index (χ1v) is 5.19. The quantitative estimate of drug-likeness (QED) is 0.797. The molecule has 0 spiro atoms. The lowest BCUT2D eigenvalue weighted by atomic mass is 10.0. The third-order valence-corrected chi connectivity index (χ3v) is 2.46.